The molecule has 0 bridgehead atoms. The second kappa shape index (κ2) is 7.66. The lowest BCUT2D eigenvalue weighted by atomic mass is 10.0. The number of aryl methyl sites for hydroxylation is 1. The Morgan fingerprint density at radius 3 is 2.52 bits per heavy atom. The normalized spacial score (nSPS) is 12.0. The highest BCUT2D eigenvalue weighted by Crippen LogP contribution is 2.18. The molecule has 0 unspecified atom stereocenters. The van der Waals surface area contributed by atoms with Crippen LogP contribution in [0.25, 0.3) is 10.9 Å². The second-order valence-electron chi connectivity index (χ2n) is 6.01. The van der Waals surface area contributed by atoms with Gasteiger partial charge in [-0.15, -0.1) is 0 Å². The number of aliphatic carboxylic acids is 1. The molecule has 0 spiro atoms. The lowest BCUT2D eigenvalue weighted by Gasteiger charge is -2.14. The van der Waals surface area contributed by atoms with Gasteiger partial charge in [0.05, 0.1) is 0 Å². The average molecular weight is 336 g/mol. The fraction of sp³-hybridized carbons (Fsp3) is 0.200. The van der Waals surface area contributed by atoms with Gasteiger partial charge in [0.15, 0.2) is 0 Å². The summed E-state index contributed by atoms with van der Waals surface area (Å²) >= 11 is 0. The third-order valence-corrected chi connectivity index (χ3v) is 4.21. The molecule has 0 aliphatic heterocycles. The van der Waals surface area contributed by atoms with Crippen LogP contribution < -0.4 is 5.32 Å². The zero-order chi connectivity index (χ0) is 17.6. The maximum absolute atomic E-state index is 12.2. The molecule has 3 aromatic rings. The maximum atomic E-state index is 12.2. The van der Waals surface area contributed by atoms with E-state index < -0.39 is 12.0 Å². The van der Waals surface area contributed by atoms with Gasteiger partial charge in [-0.25, -0.2) is 4.79 Å². The standard InChI is InChI=1S/C20H20N2O3/c23-19(11-10-15-13-21-17-9-5-4-8-16(15)17)22-18(20(24)25)12-14-6-2-1-3-7-14/h1-9,13,18,21H,10-12H2,(H,22,23)(H,24,25)/t18-/m0/s1. The Hall–Kier alpha value is -3.08. The fourth-order valence-electron chi connectivity index (χ4n) is 2.90. The molecule has 1 amide bonds. The number of carboxylic acid groups (broad SMARTS) is 1. The topological polar surface area (TPSA) is 82.2 Å². The molecule has 2 aromatic carbocycles. The highest BCUT2D eigenvalue weighted by atomic mass is 16.4. The van der Waals surface area contributed by atoms with Crippen LogP contribution in [-0.4, -0.2) is 28.0 Å². The van der Waals surface area contributed by atoms with Gasteiger partial charge in [0.1, 0.15) is 6.04 Å². The van der Waals surface area contributed by atoms with Crippen molar-refractivity contribution in [2.24, 2.45) is 0 Å². The minimum atomic E-state index is -1.02. The van der Waals surface area contributed by atoms with Gasteiger partial charge in [-0.05, 0) is 23.6 Å². The summed E-state index contributed by atoms with van der Waals surface area (Å²) in [5, 5.41) is 13.1. The summed E-state index contributed by atoms with van der Waals surface area (Å²) in [4.78, 5) is 26.8. The molecule has 1 heterocycles. The van der Waals surface area contributed by atoms with Crippen LogP contribution in [0.5, 0.6) is 0 Å². The number of aromatic amines is 1. The van der Waals surface area contributed by atoms with Crippen molar-refractivity contribution in [2.75, 3.05) is 0 Å². The van der Waals surface area contributed by atoms with Gasteiger partial charge in [0.2, 0.25) is 5.91 Å². The SMILES string of the molecule is O=C(CCc1c[nH]c2ccccc12)N[C@@H](Cc1ccccc1)C(=O)O. The van der Waals surface area contributed by atoms with E-state index in [1.807, 2.05) is 60.8 Å². The van der Waals surface area contributed by atoms with Gasteiger partial charge < -0.3 is 15.4 Å². The predicted octanol–water partition coefficient (Wildman–Crippen LogP) is 2.91. The molecule has 0 fully saturated rings. The lowest BCUT2D eigenvalue weighted by Crippen LogP contribution is -2.42. The van der Waals surface area contributed by atoms with Crippen LogP contribution in [-0.2, 0) is 22.4 Å². The summed E-state index contributed by atoms with van der Waals surface area (Å²) in [5.74, 6) is -1.28. The summed E-state index contributed by atoms with van der Waals surface area (Å²) in [6.45, 7) is 0. The van der Waals surface area contributed by atoms with Crippen LogP contribution in [0.3, 0.4) is 0 Å². The summed E-state index contributed by atoms with van der Waals surface area (Å²) in [5.41, 5.74) is 2.97. The van der Waals surface area contributed by atoms with Crippen molar-refractivity contribution in [1.29, 1.82) is 0 Å². The zero-order valence-electron chi connectivity index (χ0n) is 13.7. The molecule has 5 heteroatoms. The Morgan fingerprint density at radius 2 is 1.76 bits per heavy atom. The highest BCUT2D eigenvalue weighted by molar-refractivity contribution is 5.86. The number of benzene rings is 2. The van der Waals surface area contributed by atoms with Gasteiger partial charge in [-0.2, -0.15) is 0 Å². The molecule has 0 saturated heterocycles. The molecule has 5 nitrogen and oxygen atoms in total. The van der Waals surface area contributed by atoms with Crippen molar-refractivity contribution in [3.8, 4) is 0 Å². The molecule has 3 rings (SSSR count). The number of carboxylic acids is 1. The summed E-state index contributed by atoms with van der Waals surface area (Å²) in [6.07, 6.45) is 2.99. The van der Waals surface area contributed by atoms with E-state index in [2.05, 4.69) is 10.3 Å². The van der Waals surface area contributed by atoms with E-state index in [4.69, 9.17) is 0 Å². The molecule has 1 atom stereocenters. The van der Waals surface area contributed by atoms with E-state index in [0.29, 0.717) is 6.42 Å². The molecule has 0 aliphatic rings. The van der Waals surface area contributed by atoms with Gasteiger partial charge in [0.25, 0.3) is 0 Å². The van der Waals surface area contributed by atoms with Crippen LogP contribution in [0.15, 0.2) is 60.8 Å². The number of fused-ring (bicyclic) bond motifs is 1. The number of amides is 1. The van der Waals surface area contributed by atoms with Crippen LogP contribution in [0.4, 0.5) is 0 Å². The first-order valence-electron chi connectivity index (χ1n) is 8.24. The molecule has 3 N–H and O–H groups in total. The van der Waals surface area contributed by atoms with Crippen LogP contribution in [0.2, 0.25) is 0 Å². The number of carbonyl (C=O) groups is 2. The van der Waals surface area contributed by atoms with E-state index in [1.54, 1.807) is 0 Å². The molecule has 0 aliphatic carbocycles. The summed E-state index contributed by atoms with van der Waals surface area (Å²) < 4.78 is 0. The second-order valence-corrected chi connectivity index (χ2v) is 6.01. The summed E-state index contributed by atoms with van der Waals surface area (Å²) in [6, 6.07) is 16.3. The number of hydrogen-bond donors (Lipinski definition) is 3. The average Bonchev–Trinajstić information content (AvgIpc) is 3.03. The number of para-hydroxylation sites is 1. The Morgan fingerprint density at radius 1 is 1.04 bits per heavy atom. The number of aromatic nitrogens is 1. The van der Waals surface area contributed by atoms with E-state index in [1.165, 1.54) is 0 Å². The lowest BCUT2D eigenvalue weighted by molar-refractivity contribution is -0.141. The zero-order valence-corrected chi connectivity index (χ0v) is 13.7. The van der Waals surface area contributed by atoms with E-state index in [0.717, 1.165) is 22.0 Å². The van der Waals surface area contributed by atoms with Crippen LogP contribution >= 0.6 is 0 Å². The third-order valence-electron chi connectivity index (χ3n) is 4.21. The summed E-state index contributed by atoms with van der Waals surface area (Å²) in [7, 11) is 0. The molecular weight excluding hydrogens is 316 g/mol. The smallest absolute Gasteiger partial charge is 0.326 e. The van der Waals surface area contributed by atoms with Crippen molar-refractivity contribution in [3.63, 3.8) is 0 Å². The highest BCUT2D eigenvalue weighted by Gasteiger charge is 2.20. The fourth-order valence-corrected chi connectivity index (χ4v) is 2.90. The predicted molar refractivity (Wildman–Crippen MR) is 96.3 cm³/mol. The van der Waals surface area contributed by atoms with E-state index >= 15 is 0 Å². The molecular formula is C20H20N2O3. The van der Waals surface area contributed by atoms with Gasteiger partial charge in [-0.1, -0.05) is 48.5 Å². The molecule has 0 saturated carbocycles. The third kappa shape index (κ3) is 4.26. The Labute approximate surface area is 145 Å². The number of rotatable bonds is 7. The van der Waals surface area contributed by atoms with E-state index in [9.17, 15) is 14.7 Å². The van der Waals surface area contributed by atoms with Crippen molar-refractivity contribution in [1.82, 2.24) is 10.3 Å². The minimum absolute atomic E-state index is 0.250. The molecule has 1 aromatic heterocycles. The van der Waals surface area contributed by atoms with Gasteiger partial charge >= 0.3 is 5.97 Å². The van der Waals surface area contributed by atoms with Crippen LogP contribution in [0, 0.1) is 0 Å². The number of H-pyrrole nitrogens is 1. The maximum Gasteiger partial charge on any atom is 0.326 e. The van der Waals surface area contributed by atoms with Crippen molar-refractivity contribution < 1.29 is 14.7 Å². The first-order valence-corrected chi connectivity index (χ1v) is 8.24. The minimum Gasteiger partial charge on any atom is -0.480 e. The number of carbonyl (C=O) groups excluding carboxylic acids is 1. The first kappa shape index (κ1) is 16.8. The van der Waals surface area contributed by atoms with Crippen molar-refractivity contribution >= 4 is 22.8 Å². The monoisotopic (exact) mass is 336 g/mol. The molecule has 25 heavy (non-hydrogen) atoms. The van der Waals surface area contributed by atoms with Gasteiger partial charge in [0, 0.05) is 29.9 Å². The van der Waals surface area contributed by atoms with Crippen LogP contribution in [0.1, 0.15) is 17.5 Å². The largest absolute Gasteiger partial charge is 0.480 e. The first-order chi connectivity index (χ1) is 12.1. The van der Waals surface area contributed by atoms with Gasteiger partial charge in [-0.3, -0.25) is 4.79 Å². The molecule has 128 valence electrons. The number of hydrogen-bond acceptors (Lipinski definition) is 2. The van der Waals surface area contributed by atoms with Crippen molar-refractivity contribution in [2.45, 2.75) is 25.3 Å². The number of nitrogens with one attached hydrogen (secondary N) is 2. The Kier molecular flexibility index (Phi) is 5.14. The Balaban J connectivity index is 1.59. The quantitative estimate of drug-likeness (QED) is 0.620. The van der Waals surface area contributed by atoms with Crippen molar-refractivity contribution in [3.05, 3.63) is 71.9 Å². The van der Waals surface area contributed by atoms with E-state index in [-0.39, 0.29) is 18.7 Å². The molecule has 0 radical (unpaired) electrons. The Bertz CT molecular complexity index is 871.